The maximum atomic E-state index is 12.6. The van der Waals surface area contributed by atoms with Gasteiger partial charge in [0.15, 0.2) is 0 Å². The molecule has 0 saturated heterocycles. The summed E-state index contributed by atoms with van der Waals surface area (Å²) < 4.78 is 3.59. The van der Waals surface area contributed by atoms with E-state index < -0.39 is 0 Å². The van der Waals surface area contributed by atoms with E-state index >= 15 is 0 Å². The van der Waals surface area contributed by atoms with Crippen molar-refractivity contribution in [3.8, 4) is 5.69 Å². The normalized spacial score (nSPS) is 10.9. The van der Waals surface area contributed by atoms with Gasteiger partial charge in [-0.1, -0.05) is 18.2 Å². The summed E-state index contributed by atoms with van der Waals surface area (Å²) in [6, 6.07) is 8.16. The van der Waals surface area contributed by atoms with Gasteiger partial charge in [-0.3, -0.25) is 9.48 Å². The molecule has 0 atom stereocenters. The van der Waals surface area contributed by atoms with Gasteiger partial charge in [0.25, 0.3) is 5.91 Å². The van der Waals surface area contributed by atoms with Gasteiger partial charge in [0, 0.05) is 38.1 Å². The minimum absolute atomic E-state index is 0.0458. The highest BCUT2D eigenvalue weighted by Gasteiger charge is 2.19. The lowest BCUT2D eigenvalue weighted by Crippen LogP contribution is -2.26. The average Bonchev–Trinajstić information content (AvgIpc) is 3.13. The Balaban J connectivity index is 1.89. The number of amides is 1. The van der Waals surface area contributed by atoms with Crippen LogP contribution in [0.15, 0.2) is 36.7 Å². The number of carbonyl (C=O) groups excluding carboxylic acids is 1. The van der Waals surface area contributed by atoms with Crippen LogP contribution in [0.25, 0.3) is 5.69 Å². The molecule has 0 radical (unpaired) electrons. The van der Waals surface area contributed by atoms with Gasteiger partial charge >= 0.3 is 0 Å². The van der Waals surface area contributed by atoms with Crippen molar-refractivity contribution in [3.63, 3.8) is 0 Å². The third kappa shape index (κ3) is 3.20. The van der Waals surface area contributed by atoms with Gasteiger partial charge in [0.2, 0.25) is 0 Å². The molecule has 1 aromatic carbocycles. The Kier molecular flexibility index (Phi) is 4.44. The predicted molar refractivity (Wildman–Crippen MR) is 96.8 cm³/mol. The molecule has 0 aliphatic carbocycles. The van der Waals surface area contributed by atoms with Crippen molar-refractivity contribution in [1.82, 2.24) is 24.5 Å². The molecule has 3 rings (SSSR count). The van der Waals surface area contributed by atoms with E-state index in [-0.39, 0.29) is 5.91 Å². The number of benzene rings is 1. The largest absolute Gasteiger partial charge is 0.337 e. The Bertz CT molecular complexity index is 922. The summed E-state index contributed by atoms with van der Waals surface area (Å²) in [6.07, 6.45) is 3.32. The van der Waals surface area contributed by atoms with E-state index in [1.165, 1.54) is 5.56 Å². The number of carbonyl (C=O) groups is 1. The summed E-state index contributed by atoms with van der Waals surface area (Å²) in [6.45, 7) is 6.62. The third-order valence-electron chi connectivity index (χ3n) is 4.48. The SMILES string of the molecule is Cc1ccccc1-n1nc(C)c(CN(C)C(=O)c2cnn(C)c2)c1C. The molecule has 6 heteroatoms. The van der Waals surface area contributed by atoms with Gasteiger partial charge in [-0.2, -0.15) is 10.2 Å². The predicted octanol–water partition coefficient (Wildman–Crippen LogP) is 2.80. The molecule has 6 nitrogen and oxygen atoms in total. The van der Waals surface area contributed by atoms with E-state index in [2.05, 4.69) is 24.2 Å². The second kappa shape index (κ2) is 6.55. The minimum atomic E-state index is -0.0458. The highest BCUT2D eigenvalue weighted by atomic mass is 16.2. The number of aryl methyl sites for hydroxylation is 3. The van der Waals surface area contributed by atoms with E-state index in [9.17, 15) is 4.79 Å². The lowest BCUT2D eigenvalue weighted by atomic mass is 10.1. The van der Waals surface area contributed by atoms with Crippen molar-refractivity contribution < 1.29 is 4.79 Å². The number of rotatable bonds is 4. The molecule has 0 saturated carbocycles. The number of hydrogen-bond acceptors (Lipinski definition) is 3. The number of aromatic nitrogens is 4. The van der Waals surface area contributed by atoms with Crippen molar-refractivity contribution in [2.45, 2.75) is 27.3 Å². The fourth-order valence-electron chi connectivity index (χ4n) is 3.00. The number of para-hydroxylation sites is 1. The van der Waals surface area contributed by atoms with Crippen LogP contribution in [0, 0.1) is 20.8 Å². The highest BCUT2D eigenvalue weighted by molar-refractivity contribution is 5.93. The Labute approximate surface area is 147 Å². The van der Waals surface area contributed by atoms with Crippen LogP contribution in [0.4, 0.5) is 0 Å². The molecule has 0 spiro atoms. The molecule has 1 amide bonds. The van der Waals surface area contributed by atoms with E-state index in [4.69, 9.17) is 5.10 Å². The summed E-state index contributed by atoms with van der Waals surface area (Å²) in [5.41, 5.74) is 5.88. The quantitative estimate of drug-likeness (QED) is 0.735. The first-order valence-corrected chi connectivity index (χ1v) is 8.23. The molecule has 0 N–H and O–H groups in total. The van der Waals surface area contributed by atoms with E-state index in [0.29, 0.717) is 12.1 Å². The van der Waals surface area contributed by atoms with Gasteiger partial charge in [0.1, 0.15) is 0 Å². The fourth-order valence-corrected chi connectivity index (χ4v) is 3.00. The van der Waals surface area contributed by atoms with Crippen molar-refractivity contribution >= 4 is 5.91 Å². The zero-order valence-electron chi connectivity index (χ0n) is 15.3. The standard InChI is InChI=1S/C19H23N5O/c1-13-8-6-7-9-18(13)24-15(3)17(14(2)21-24)12-22(4)19(25)16-10-20-23(5)11-16/h6-11H,12H2,1-5H3. The first-order valence-electron chi connectivity index (χ1n) is 8.23. The van der Waals surface area contributed by atoms with Crippen LogP contribution in [0.2, 0.25) is 0 Å². The van der Waals surface area contributed by atoms with Crippen LogP contribution in [0.5, 0.6) is 0 Å². The Morgan fingerprint density at radius 2 is 1.92 bits per heavy atom. The molecule has 2 heterocycles. The van der Waals surface area contributed by atoms with Crippen LogP contribution in [0.3, 0.4) is 0 Å². The molecule has 3 aromatic rings. The average molecular weight is 337 g/mol. The minimum Gasteiger partial charge on any atom is -0.337 e. The molecule has 0 unspecified atom stereocenters. The van der Waals surface area contributed by atoms with E-state index in [1.807, 2.05) is 30.7 Å². The number of hydrogen-bond donors (Lipinski definition) is 0. The van der Waals surface area contributed by atoms with Gasteiger partial charge in [-0.15, -0.1) is 0 Å². The molecule has 130 valence electrons. The van der Waals surface area contributed by atoms with Crippen molar-refractivity contribution in [3.05, 3.63) is 64.7 Å². The summed E-state index contributed by atoms with van der Waals surface area (Å²) in [7, 11) is 3.61. The summed E-state index contributed by atoms with van der Waals surface area (Å²) in [5, 5.41) is 8.76. The van der Waals surface area contributed by atoms with Gasteiger partial charge in [-0.25, -0.2) is 4.68 Å². The molecule has 25 heavy (non-hydrogen) atoms. The topological polar surface area (TPSA) is 56.0 Å². The second-order valence-electron chi connectivity index (χ2n) is 6.41. The first kappa shape index (κ1) is 17.0. The summed E-state index contributed by atoms with van der Waals surface area (Å²) in [5.74, 6) is -0.0458. The summed E-state index contributed by atoms with van der Waals surface area (Å²) in [4.78, 5) is 14.3. The molecule has 0 bridgehead atoms. The van der Waals surface area contributed by atoms with Crippen LogP contribution < -0.4 is 0 Å². The smallest absolute Gasteiger partial charge is 0.257 e. The molecular formula is C19H23N5O. The Hall–Kier alpha value is -2.89. The first-order chi connectivity index (χ1) is 11.9. The monoisotopic (exact) mass is 337 g/mol. The summed E-state index contributed by atoms with van der Waals surface area (Å²) >= 11 is 0. The van der Waals surface area contributed by atoms with Gasteiger partial charge in [0.05, 0.1) is 23.1 Å². The van der Waals surface area contributed by atoms with E-state index in [1.54, 1.807) is 36.1 Å². The third-order valence-corrected chi connectivity index (χ3v) is 4.48. The van der Waals surface area contributed by atoms with Crippen LogP contribution >= 0.6 is 0 Å². The molecule has 0 fully saturated rings. The second-order valence-corrected chi connectivity index (χ2v) is 6.41. The zero-order valence-corrected chi connectivity index (χ0v) is 15.3. The Morgan fingerprint density at radius 1 is 1.20 bits per heavy atom. The molecule has 0 aliphatic heterocycles. The van der Waals surface area contributed by atoms with Crippen molar-refractivity contribution in [2.24, 2.45) is 7.05 Å². The van der Waals surface area contributed by atoms with Crippen molar-refractivity contribution in [1.29, 1.82) is 0 Å². The lowest BCUT2D eigenvalue weighted by Gasteiger charge is -2.17. The number of nitrogens with zero attached hydrogens (tertiary/aromatic N) is 5. The van der Waals surface area contributed by atoms with Crippen LogP contribution in [-0.2, 0) is 13.6 Å². The zero-order chi connectivity index (χ0) is 18.1. The van der Waals surface area contributed by atoms with Gasteiger partial charge in [-0.05, 0) is 32.4 Å². The molecule has 0 aliphatic rings. The van der Waals surface area contributed by atoms with Gasteiger partial charge < -0.3 is 4.90 Å². The Morgan fingerprint density at radius 3 is 2.56 bits per heavy atom. The maximum absolute atomic E-state index is 12.6. The van der Waals surface area contributed by atoms with Crippen LogP contribution in [0.1, 0.15) is 32.9 Å². The van der Waals surface area contributed by atoms with Crippen LogP contribution in [-0.4, -0.2) is 37.4 Å². The molecular weight excluding hydrogens is 314 g/mol. The van der Waals surface area contributed by atoms with Crippen molar-refractivity contribution in [2.75, 3.05) is 7.05 Å². The van der Waals surface area contributed by atoms with E-state index in [0.717, 1.165) is 22.6 Å². The maximum Gasteiger partial charge on any atom is 0.257 e. The molecule has 2 aromatic heterocycles. The lowest BCUT2D eigenvalue weighted by molar-refractivity contribution is 0.0784. The fraction of sp³-hybridized carbons (Fsp3) is 0.316. The highest BCUT2D eigenvalue weighted by Crippen LogP contribution is 2.21.